The number of aromatic nitrogens is 1. The summed E-state index contributed by atoms with van der Waals surface area (Å²) in [5.74, 6) is 0.760. The van der Waals surface area contributed by atoms with Crippen LogP contribution < -0.4 is 15.6 Å². The highest BCUT2D eigenvalue weighted by Crippen LogP contribution is 2.19. The molecule has 0 fully saturated rings. The van der Waals surface area contributed by atoms with Crippen LogP contribution in [0.2, 0.25) is 0 Å². The van der Waals surface area contributed by atoms with Gasteiger partial charge in [-0.05, 0) is 43.4 Å². The first-order valence-corrected chi connectivity index (χ1v) is 7.86. The Morgan fingerprint density at radius 3 is 2.87 bits per heavy atom. The number of aliphatic hydroxyl groups is 1. The average molecular weight is 335 g/mol. The molecule has 7 heteroatoms. The molecule has 1 heterocycles. The molecule has 0 amide bonds. The van der Waals surface area contributed by atoms with Gasteiger partial charge in [0.15, 0.2) is 5.11 Å². The number of hydrogen-bond donors (Lipinski definition) is 3. The summed E-state index contributed by atoms with van der Waals surface area (Å²) >= 11 is 5.21. The fraction of sp³-hybridized carbons (Fsp3) is 0.375. The third kappa shape index (κ3) is 4.20. The van der Waals surface area contributed by atoms with Crippen LogP contribution in [0.3, 0.4) is 0 Å². The van der Waals surface area contributed by atoms with Gasteiger partial charge in [0.05, 0.1) is 19.8 Å². The highest BCUT2D eigenvalue weighted by atomic mass is 32.1. The van der Waals surface area contributed by atoms with E-state index < -0.39 is 0 Å². The van der Waals surface area contributed by atoms with Crippen LogP contribution in [-0.4, -0.2) is 46.9 Å². The Labute approximate surface area is 140 Å². The third-order valence-corrected chi connectivity index (χ3v) is 3.90. The van der Waals surface area contributed by atoms with E-state index in [2.05, 4.69) is 10.3 Å². The SMILES string of the molecule is CCOc1ccc2[nH]c(=O)c(CN(CCO)C(=S)NC)cc2c1. The lowest BCUT2D eigenvalue weighted by atomic mass is 10.1. The highest BCUT2D eigenvalue weighted by Gasteiger charge is 2.12. The van der Waals surface area contributed by atoms with E-state index >= 15 is 0 Å². The molecule has 124 valence electrons. The predicted molar refractivity (Wildman–Crippen MR) is 94.9 cm³/mol. The zero-order chi connectivity index (χ0) is 16.8. The third-order valence-electron chi connectivity index (χ3n) is 3.44. The lowest BCUT2D eigenvalue weighted by Gasteiger charge is -2.23. The zero-order valence-corrected chi connectivity index (χ0v) is 14.1. The lowest BCUT2D eigenvalue weighted by Crippen LogP contribution is -2.40. The van der Waals surface area contributed by atoms with Gasteiger partial charge in [0.25, 0.3) is 5.56 Å². The van der Waals surface area contributed by atoms with E-state index in [9.17, 15) is 4.79 Å². The van der Waals surface area contributed by atoms with Crippen LogP contribution in [0.4, 0.5) is 0 Å². The van der Waals surface area contributed by atoms with Gasteiger partial charge < -0.3 is 25.0 Å². The number of aromatic amines is 1. The normalized spacial score (nSPS) is 10.6. The molecule has 0 bridgehead atoms. The molecule has 3 N–H and O–H groups in total. The summed E-state index contributed by atoms with van der Waals surface area (Å²) in [4.78, 5) is 16.9. The molecule has 0 aliphatic heterocycles. The van der Waals surface area contributed by atoms with Crippen molar-refractivity contribution < 1.29 is 9.84 Å². The van der Waals surface area contributed by atoms with E-state index in [1.54, 1.807) is 11.9 Å². The molecular formula is C16H21N3O3S. The fourth-order valence-electron chi connectivity index (χ4n) is 2.34. The average Bonchev–Trinajstić information content (AvgIpc) is 2.54. The quantitative estimate of drug-likeness (QED) is 0.689. The molecule has 6 nitrogen and oxygen atoms in total. The van der Waals surface area contributed by atoms with Crippen LogP contribution in [0.5, 0.6) is 5.75 Å². The minimum absolute atomic E-state index is 0.0399. The van der Waals surface area contributed by atoms with Crippen LogP contribution in [0.25, 0.3) is 10.9 Å². The first kappa shape index (κ1) is 17.2. The summed E-state index contributed by atoms with van der Waals surface area (Å²) < 4.78 is 5.49. The Morgan fingerprint density at radius 1 is 1.43 bits per heavy atom. The van der Waals surface area contributed by atoms with Crippen molar-refractivity contribution in [1.82, 2.24) is 15.2 Å². The molecule has 0 spiro atoms. The number of aliphatic hydroxyl groups excluding tert-OH is 1. The van der Waals surface area contributed by atoms with Crippen molar-refractivity contribution in [2.24, 2.45) is 0 Å². The van der Waals surface area contributed by atoms with E-state index in [0.717, 1.165) is 16.7 Å². The molecule has 2 rings (SSSR count). The van der Waals surface area contributed by atoms with E-state index in [4.69, 9.17) is 22.1 Å². The van der Waals surface area contributed by atoms with Crippen LogP contribution in [0, 0.1) is 0 Å². The minimum atomic E-state index is -0.163. The number of nitrogens with zero attached hydrogens (tertiary/aromatic N) is 1. The molecule has 0 saturated carbocycles. The Morgan fingerprint density at radius 2 is 2.22 bits per heavy atom. The van der Waals surface area contributed by atoms with Crippen LogP contribution in [0.15, 0.2) is 29.1 Å². The van der Waals surface area contributed by atoms with E-state index in [0.29, 0.717) is 30.4 Å². The number of H-pyrrole nitrogens is 1. The molecule has 0 aliphatic carbocycles. The van der Waals surface area contributed by atoms with Gasteiger partial charge in [-0.3, -0.25) is 4.79 Å². The van der Waals surface area contributed by atoms with Crippen molar-refractivity contribution in [3.8, 4) is 5.75 Å². The maximum Gasteiger partial charge on any atom is 0.253 e. The van der Waals surface area contributed by atoms with Crippen molar-refractivity contribution >= 4 is 28.2 Å². The Bertz CT molecular complexity index is 745. The number of thiocarbonyl (C=S) groups is 1. The molecule has 23 heavy (non-hydrogen) atoms. The predicted octanol–water partition coefficient (Wildman–Crippen LogP) is 1.23. The van der Waals surface area contributed by atoms with Crippen molar-refractivity contribution in [3.63, 3.8) is 0 Å². The Kier molecular flexibility index (Phi) is 5.95. The van der Waals surface area contributed by atoms with Crippen LogP contribution >= 0.6 is 12.2 Å². The van der Waals surface area contributed by atoms with Gasteiger partial charge in [-0.1, -0.05) is 0 Å². The molecule has 2 aromatic rings. The van der Waals surface area contributed by atoms with Gasteiger partial charge in [-0.15, -0.1) is 0 Å². The topological polar surface area (TPSA) is 77.6 Å². The van der Waals surface area contributed by atoms with Gasteiger partial charge in [-0.25, -0.2) is 0 Å². The molecule has 0 aliphatic rings. The second-order valence-corrected chi connectivity index (χ2v) is 5.39. The summed E-state index contributed by atoms with van der Waals surface area (Å²) in [6.07, 6.45) is 0. The summed E-state index contributed by atoms with van der Waals surface area (Å²) in [5, 5.41) is 13.4. The molecule has 0 saturated heterocycles. The molecule has 0 unspecified atom stereocenters. The number of nitrogens with one attached hydrogen (secondary N) is 2. The van der Waals surface area contributed by atoms with Crippen molar-refractivity contribution in [1.29, 1.82) is 0 Å². The van der Waals surface area contributed by atoms with Crippen LogP contribution in [0.1, 0.15) is 12.5 Å². The van der Waals surface area contributed by atoms with Gasteiger partial charge in [0, 0.05) is 30.1 Å². The molecule has 1 aromatic carbocycles. The van der Waals surface area contributed by atoms with Gasteiger partial charge in [0.2, 0.25) is 0 Å². The second kappa shape index (κ2) is 7.94. The number of ether oxygens (including phenoxy) is 1. The number of pyridine rings is 1. The minimum Gasteiger partial charge on any atom is -0.494 e. The van der Waals surface area contributed by atoms with Crippen molar-refractivity contribution in [2.45, 2.75) is 13.5 Å². The van der Waals surface area contributed by atoms with Gasteiger partial charge >= 0.3 is 0 Å². The molecule has 0 radical (unpaired) electrons. The maximum absolute atomic E-state index is 12.3. The fourth-order valence-corrected chi connectivity index (χ4v) is 2.50. The molecular weight excluding hydrogens is 314 g/mol. The second-order valence-electron chi connectivity index (χ2n) is 5.01. The molecule has 1 aromatic heterocycles. The van der Waals surface area contributed by atoms with E-state index in [1.807, 2.05) is 31.2 Å². The smallest absolute Gasteiger partial charge is 0.253 e. The summed E-state index contributed by atoms with van der Waals surface area (Å²) in [6, 6.07) is 7.38. The lowest BCUT2D eigenvalue weighted by molar-refractivity contribution is 0.245. The standard InChI is InChI=1S/C16H21N3O3S/c1-3-22-13-4-5-14-11(9-13)8-12(15(21)18-14)10-19(6-7-20)16(23)17-2/h4-5,8-9,20H,3,6-7,10H2,1-2H3,(H,17,23)(H,18,21). The Hall–Kier alpha value is -2.12. The summed E-state index contributed by atoms with van der Waals surface area (Å²) in [5.41, 5.74) is 1.17. The highest BCUT2D eigenvalue weighted by molar-refractivity contribution is 7.80. The summed E-state index contributed by atoms with van der Waals surface area (Å²) in [6.45, 7) is 3.15. The first-order valence-electron chi connectivity index (χ1n) is 7.45. The van der Waals surface area contributed by atoms with Crippen molar-refractivity contribution in [3.05, 3.63) is 40.2 Å². The van der Waals surface area contributed by atoms with E-state index in [1.165, 1.54) is 0 Å². The Balaban J connectivity index is 2.36. The first-order chi connectivity index (χ1) is 11.1. The number of fused-ring (bicyclic) bond motifs is 1. The maximum atomic E-state index is 12.3. The van der Waals surface area contributed by atoms with E-state index in [-0.39, 0.29) is 12.2 Å². The number of benzene rings is 1. The van der Waals surface area contributed by atoms with Crippen molar-refractivity contribution in [2.75, 3.05) is 26.8 Å². The number of rotatable bonds is 6. The molecule has 0 atom stereocenters. The number of hydrogen-bond acceptors (Lipinski definition) is 4. The zero-order valence-electron chi connectivity index (χ0n) is 13.3. The largest absolute Gasteiger partial charge is 0.494 e. The van der Waals surface area contributed by atoms with Crippen LogP contribution in [-0.2, 0) is 6.54 Å². The van der Waals surface area contributed by atoms with Gasteiger partial charge in [-0.2, -0.15) is 0 Å². The monoisotopic (exact) mass is 335 g/mol. The summed E-state index contributed by atoms with van der Waals surface area (Å²) in [7, 11) is 1.71. The van der Waals surface area contributed by atoms with Gasteiger partial charge in [0.1, 0.15) is 5.75 Å².